The lowest BCUT2D eigenvalue weighted by atomic mass is 10.1. The van der Waals surface area contributed by atoms with Crippen molar-refractivity contribution in [2.75, 3.05) is 0 Å². The molecule has 0 spiro atoms. The number of amides is 6. The first-order chi connectivity index (χ1) is 17.9. The largest absolute Gasteiger partial charge is 0.325 e. The lowest BCUT2D eigenvalue weighted by Gasteiger charge is -2.17. The van der Waals surface area contributed by atoms with Gasteiger partial charge < -0.3 is 10.6 Å². The van der Waals surface area contributed by atoms with E-state index in [0.29, 0.717) is 6.54 Å². The number of nitrogens with one attached hydrogen (secondary N) is 3. The normalized spacial score (nSPS) is 16.9. The fourth-order valence-corrected chi connectivity index (χ4v) is 4.91. The monoisotopic (exact) mass is 776 g/mol. The third-order valence-corrected chi connectivity index (χ3v) is 9.54. The maximum absolute atomic E-state index is 12.1. The highest BCUT2D eigenvalue weighted by atomic mass is 127. The van der Waals surface area contributed by atoms with Crippen molar-refractivity contribution in [3.63, 3.8) is 0 Å². The molecule has 2 fully saturated rings. The second-order valence-electron chi connectivity index (χ2n) is 10.7. The number of carbonyl (C=O) groups excluding carboxylic acids is 4. The minimum atomic E-state index is -0.809. The molecule has 6 amide bonds. The Morgan fingerprint density at radius 3 is 1.46 bits per heavy atom. The highest BCUT2D eigenvalue weighted by Gasteiger charge is 2.44. The summed E-state index contributed by atoms with van der Waals surface area (Å²) in [4.78, 5) is 46.3. The number of rotatable bonds is 3. The molecule has 2 aliphatic rings. The smallest absolute Gasteiger partial charge is 0.324 e. The number of nitrogens with zero attached hydrogens (tertiary/aromatic N) is 1. The van der Waals surface area contributed by atoms with Crippen LogP contribution in [0, 0.1) is 27.7 Å². The highest BCUT2D eigenvalue weighted by Crippen LogP contribution is 2.25. The molecule has 2 saturated heterocycles. The van der Waals surface area contributed by atoms with Crippen molar-refractivity contribution in [3.8, 4) is 0 Å². The van der Waals surface area contributed by atoms with E-state index in [1.54, 1.807) is 27.7 Å². The molecule has 3 N–H and O–H groups in total. The minimum absolute atomic E-state index is 0.185. The van der Waals surface area contributed by atoms with Gasteiger partial charge in [0.25, 0.3) is 11.8 Å². The fourth-order valence-electron chi connectivity index (χ4n) is 4.01. The molecular weight excluding hydrogens is 743 g/mol. The standard InChI is InChI=1S/C14H17BrN2O2.C9H10BrI.C5H8N2O2/c1-8-5-10(6-9(2)11(8)15)7-17-12(18)14(3,4)16-13(17)19;1-6-3-8(5-11)4-7(2)9(6)10;1-5(2)3(8)6-4(9)7-5/h5-6H,7H2,1-4H3,(H,16,19);3-4H,5H2,1-2H3;1-2H3,(H2,6,7,8,9). The van der Waals surface area contributed by atoms with Gasteiger partial charge in [-0.2, -0.15) is 0 Å². The average Bonchev–Trinajstić information content (AvgIpc) is 3.18. The number of benzene rings is 2. The summed E-state index contributed by atoms with van der Waals surface area (Å²) in [7, 11) is 0. The second-order valence-corrected chi connectivity index (χ2v) is 13.0. The Morgan fingerprint density at radius 1 is 0.744 bits per heavy atom. The van der Waals surface area contributed by atoms with E-state index in [2.05, 4.69) is 96.4 Å². The van der Waals surface area contributed by atoms with Crippen molar-refractivity contribution in [2.45, 2.75) is 77.4 Å². The number of imide groups is 2. The average molecular weight is 778 g/mol. The van der Waals surface area contributed by atoms with Gasteiger partial charge in [-0.25, -0.2) is 9.59 Å². The summed E-state index contributed by atoms with van der Waals surface area (Å²) >= 11 is 9.43. The van der Waals surface area contributed by atoms with E-state index >= 15 is 0 Å². The molecule has 2 heterocycles. The Balaban J connectivity index is 0.000000226. The van der Waals surface area contributed by atoms with Crippen molar-refractivity contribution in [1.82, 2.24) is 20.9 Å². The van der Waals surface area contributed by atoms with Crippen molar-refractivity contribution < 1.29 is 19.2 Å². The summed E-state index contributed by atoms with van der Waals surface area (Å²) in [6.07, 6.45) is 0. The number of halogens is 3. The zero-order valence-electron chi connectivity index (χ0n) is 23.4. The molecule has 0 bridgehead atoms. The number of carbonyl (C=O) groups is 4. The maximum atomic E-state index is 12.1. The third kappa shape index (κ3) is 8.50. The molecule has 2 aliphatic heterocycles. The molecular formula is C28H35Br2IN4O4. The number of urea groups is 2. The summed E-state index contributed by atoms with van der Waals surface area (Å²) in [5, 5.41) is 7.24. The van der Waals surface area contributed by atoms with Gasteiger partial charge >= 0.3 is 12.1 Å². The Labute approximate surface area is 260 Å². The van der Waals surface area contributed by atoms with Gasteiger partial charge in [-0.1, -0.05) is 78.7 Å². The van der Waals surface area contributed by atoms with Gasteiger partial charge in [-0.05, 0) is 88.8 Å². The van der Waals surface area contributed by atoms with Gasteiger partial charge in [-0.15, -0.1) is 0 Å². The molecule has 0 atom stereocenters. The predicted molar refractivity (Wildman–Crippen MR) is 169 cm³/mol. The second kappa shape index (κ2) is 13.1. The molecule has 0 aliphatic carbocycles. The number of aryl methyl sites for hydroxylation is 4. The Kier molecular flexibility index (Phi) is 11.2. The van der Waals surface area contributed by atoms with Crippen molar-refractivity contribution in [1.29, 1.82) is 0 Å². The highest BCUT2D eigenvalue weighted by molar-refractivity contribution is 14.1. The van der Waals surface area contributed by atoms with Crippen LogP contribution in [0.5, 0.6) is 0 Å². The van der Waals surface area contributed by atoms with Crippen molar-refractivity contribution >= 4 is 78.3 Å². The van der Waals surface area contributed by atoms with E-state index in [0.717, 1.165) is 25.6 Å². The Hall–Kier alpha value is -1.99. The van der Waals surface area contributed by atoms with Crippen LogP contribution in [0.4, 0.5) is 9.59 Å². The van der Waals surface area contributed by atoms with Crippen LogP contribution in [-0.4, -0.2) is 39.9 Å². The van der Waals surface area contributed by atoms with Crippen LogP contribution in [0.15, 0.2) is 33.2 Å². The molecule has 8 nitrogen and oxygen atoms in total. The predicted octanol–water partition coefficient (Wildman–Crippen LogP) is 6.50. The molecule has 212 valence electrons. The molecule has 0 saturated carbocycles. The molecule has 11 heteroatoms. The first-order valence-corrected chi connectivity index (χ1v) is 15.4. The quantitative estimate of drug-likeness (QED) is 0.188. The van der Waals surface area contributed by atoms with Gasteiger partial charge in [0.05, 0.1) is 6.54 Å². The molecule has 2 aromatic carbocycles. The summed E-state index contributed by atoms with van der Waals surface area (Å²) in [5.74, 6) is -0.455. The van der Waals surface area contributed by atoms with Crippen molar-refractivity contribution in [3.05, 3.63) is 66.6 Å². The summed E-state index contributed by atoms with van der Waals surface area (Å²) in [6.45, 7) is 15.3. The molecule has 39 heavy (non-hydrogen) atoms. The summed E-state index contributed by atoms with van der Waals surface area (Å²) < 4.78 is 3.40. The zero-order valence-corrected chi connectivity index (χ0v) is 28.8. The Morgan fingerprint density at radius 2 is 1.18 bits per heavy atom. The van der Waals surface area contributed by atoms with Gasteiger partial charge in [0.2, 0.25) is 0 Å². The summed E-state index contributed by atoms with van der Waals surface area (Å²) in [5.41, 5.74) is 5.69. The van der Waals surface area contributed by atoms with E-state index in [9.17, 15) is 19.2 Å². The number of hydrogen-bond donors (Lipinski definition) is 3. The first kappa shape index (κ1) is 33.2. The van der Waals surface area contributed by atoms with E-state index in [-0.39, 0.29) is 17.8 Å². The maximum Gasteiger partial charge on any atom is 0.325 e. The first-order valence-electron chi connectivity index (χ1n) is 12.2. The topological polar surface area (TPSA) is 108 Å². The molecule has 0 unspecified atom stereocenters. The van der Waals surface area contributed by atoms with Crippen LogP contribution in [0.3, 0.4) is 0 Å². The van der Waals surface area contributed by atoms with Crippen molar-refractivity contribution in [2.24, 2.45) is 0 Å². The lowest BCUT2D eigenvalue weighted by Crippen LogP contribution is -2.40. The molecule has 2 aromatic rings. The minimum Gasteiger partial charge on any atom is -0.324 e. The molecule has 0 radical (unpaired) electrons. The van der Waals surface area contributed by atoms with E-state index in [1.165, 1.54) is 26.1 Å². The molecule has 0 aromatic heterocycles. The number of hydrogen-bond acceptors (Lipinski definition) is 4. The van der Waals surface area contributed by atoms with Gasteiger partial charge in [-0.3, -0.25) is 19.8 Å². The zero-order chi connectivity index (χ0) is 29.9. The third-order valence-electron chi connectivity index (χ3n) is 6.15. The summed E-state index contributed by atoms with van der Waals surface area (Å²) in [6, 6.07) is 7.69. The van der Waals surface area contributed by atoms with Crippen LogP contribution in [0.2, 0.25) is 0 Å². The van der Waals surface area contributed by atoms with E-state index < -0.39 is 17.1 Å². The van der Waals surface area contributed by atoms with E-state index in [4.69, 9.17) is 0 Å². The fraction of sp³-hybridized carbons (Fsp3) is 0.429. The van der Waals surface area contributed by atoms with Gasteiger partial charge in [0.1, 0.15) is 11.1 Å². The van der Waals surface area contributed by atoms with Crippen LogP contribution in [0.1, 0.15) is 61.1 Å². The van der Waals surface area contributed by atoms with Gasteiger partial charge in [0, 0.05) is 13.4 Å². The van der Waals surface area contributed by atoms with E-state index in [1.807, 2.05) is 26.0 Å². The molecule has 4 rings (SSSR count). The lowest BCUT2D eigenvalue weighted by molar-refractivity contribution is -0.130. The SMILES string of the molecule is CC1(C)NC(=O)NC1=O.Cc1cc(CI)cc(C)c1Br.Cc1cc(CN2C(=O)NC(C)(C)C2=O)cc(C)c1Br. The number of alkyl halides is 1. The van der Waals surface area contributed by atoms with Crippen LogP contribution in [-0.2, 0) is 20.6 Å². The Bertz CT molecular complexity index is 1260. The van der Waals surface area contributed by atoms with Crippen LogP contribution >= 0.6 is 54.5 Å². The van der Waals surface area contributed by atoms with Crippen LogP contribution in [0.25, 0.3) is 0 Å². The van der Waals surface area contributed by atoms with Gasteiger partial charge in [0.15, 0.2) is 0 Å². The van der Waals surface area contributed by atoms with Crippen LogP contribution < -0.4 is 16.0 Å².